The van der Waals surface area contributed by atoms with E-state index in [0.717, 1.165) is 64.2 Å². The Bertz CT molecular complexity index is 942. The number of hydrogen-bond acceptors (Lipinski definition) is 6. The summed E-state index contributed by atoms with van der Waals surface area (Å²) < 4.78 is 16.7. The zero-order valence-corrected chi connectivity index (χ0v) is 38.8. The summed E-state index contributed by atoms with van der Waals surface area (Å²) in [5, 5.41) is 0. The molecule has 0 spiro atoms. The highest BCUT2D eigenvalue weighted by Crippen LogP contribution is 2.15. The third kappa shape index (κ3) is 45.0. The fourth-order valence-electron chi connectivity index (χ4n) is 7.31. The van der Waals surface area contributed by atoms with Crippen LogP contribution in [-0.4, -0.2) is 37.2 Å². The van der Waals surface area contributed by atoms with E-state index in [4.69, 9.17) is 14.2 Å². The molecule has 58 heavy (non-hydrogen) atoms. The fraction of sp³-hybridized carbons (Fsp3) is 0.865. The van der Waals surface area contributed by atoms with Crippen molar-refractivity contribution in [1.29, 1.82) is 0 Å². The first kappa shape index (κ1) is 55.9. The minimum atomic E-state index is -0.771. The van der Waals surface area contributed by atoms with Crippen LogP contribution in [0.5, 0.6) is 0 Å². The number of rotatable bonds is 46. The predicted molar refractivity (Wildman–Crippen MR) is 247 cm³/mol. The highest BCUT2D eigenvalue weighted by atomic mass is 16.6. The van der Waals surface area contributed by atoms with Crippen molar-refractivity contribution < 1.29 is 28.6 Å². The minimum Gasteiger partial charge on any atom is -0.462 e. The average Bonchev–Trinajstić information content (AvgIpc) is 3.22. The molecule has 0 fully saturated rings. The Morgan fingerprint density at radius 3 is 0.862 bits per heavy atom. The molecule has 0 aliphatic heterocycles. The minimum absolute atomic E-state index is 0.0730. The van der Waals surface area contributed by atoms with Crippen LogP contribution in [-0.2, 0) is 28.6 Å². The fourth-order valence-corrected chi connectivity index (χ4v) is 7.31. The van der Waals surface area contributed by atoms with Crippen LogP contribution in [0, 0.1) is 0 Å². The van der Waals surface area contributed by atoms with Gasteiger partial charge in [-0.25, -0.2) is 0 Å². The lowest BCUT2D eigenvalue weighted by Crippen LogP contribution is -2.30. The average molecular weight is 817 g/mol. The van der Waals surface area contributed by atoms with Gasteiger partial charge in [0.1, 0.15) is 13.2 Å². The summed E-state index contributed by atoms with van der Waals surface area (Å²) in [5.41, 5.74) is 0. The Morgan fingerprint density at radius 1 is 0.328 bits per heavy atom. The van der Waals surface area contributed by atoms with Crippen LogP contribution in [0.3, 0.4) is 0 Å². The molecule has 0 aromatic carbocycles. The highest BCUT2D eigenvalue weighted by molar-refractivity contribution is 5.71. The van der Waals surface area contributed by atoms with Gasteiger partial charge in [0, 0.05) is 19.3 Å². The number of carbonyl (C=O) groups excluding carboxylic acids is 3. The van der Waals surface area contributed by atoms with Crippen molar-refractivity contribution in [3.05, 3.63) is 24.3 Å². The van der Waals surface area contributed by atoms with Crippen LogP contribution in [0.2, 0.25) is 0 Å². The number of carbonyl (C=O) groups is 3. The van der Waals surface area contributed by atoms with E-state index >= 15 is 0 Å². The maximum Gasteiger partial charge on any atom is 0.306 e. The summed E-state index contributed by atoms with van der Waals surface area (Å²) in [6.45, 7) is 6.61. The standard InChI is InChI=1S/C52H96O6/c1-4-7-10-13-16-19-21-23-25-26-27-29-30-33-36-39-42-45-51(54)57-48-49(47-56-50(53)44-41-38-35-32-18-15-12-9-6-3)58-52(55)46-43-40-37-34-31-28-24-22-20-17-14-11-8-5-2/h22-25,49H,4-21,26-48H2,1-3H3/b24-22-,25-23-. The maximum atomic E-state index is 12.7. The van der Waals surface area contributed by atoms with E-state index in [9.17, 15) is 14.4 Å². The van der Waals surface area contributed by atoms with Gasteiger partial charge < -0.3 is 14.2 Å². The summed E-state index contributed by atoms with van der Waals surface area (Å²) in [6.07, 6.45) is 53.0. The lowest BCUT2D eigenvalue weighted by molar-refractivity contribution is -0.167. The molecular weight excluding hydrogens is 721 g/mol. The first-order chi connectivity index (χ1) is 28.5. The largest absolute Gasteiger partial charge is 0.462 e. The first-order valence-corrected chi connectivity index (χ1v) is 25.3. The Hall–Kier alpha value is -2.11. The molecule has 6 nitrogen and oxygen atoms in total. The molecule has 0 aromatic heterocycles. The summed E-state index contributed by atoms with van der Waals surface area (Å²) in [4.78, 5) is 37.8. The number of unbranched alkanes of at least 4 members (excludes halogenated alkanes) is 31. The SMILES string of the molecule is CCCCCCC/C=C\CCCCCCCC(=O)OC(COC(=O)CCCCCCCCC/C=C\CCCCCCCC)COC(=O)CCCCCCCCCCC. The van der Waals surface area contributed by atoms with E-state index in [1.807, 2.05) is 0 Å². The van der Waals surface area contributed by atoms with E-state index in [0.29, 0.717) is 19.3 Å². The van der Waals surface area contributed by atoms with Gasteiger partial charge in [0.15, 0.2) is 6.10 Å². The summed E-state index contributed by atoms with van der Waals surface area (Å²) in [6, 6.07) is 0. The van der Waals surface area contributed by atoms with Gasteiger partial charge in [0.25, 0.3) is 0 Å². The molecule has 340 valence electrons. The summed E-state index contributed by atoms with van der Waals surface area (Å²) in [5.74, 6) is -0.879. The Kier molecular flexibility index (Phi) is 45.8. The molecule has 0 saturated carbocycles. The highest BCUT2D eigenvalue weighted by Gasteiger charge is 2.19. The maximum absolute atomic E-state index is 12.7. The number of allylic oxidation sites excluding steroid dienone is 4. The van der Waals surface area contributed by atoms with Crippen LogP contribution in [0.1, 0.15) is 271 Å². The van der Waals surface area contributed by atoms with Crippen LogP contribution in [0.25, 0.3) is 0 Å². The zero-order valence-electron chi connectivity index (χ0n) is 38.8. The van der Waals surface area contributed by atoms with Crippen molar-refractivity contribution in [3.8, 4) is 0 Å². The Balaban J connectivity index is 4.31. The number of esters is 3. The van der Waals surface area contributed by atoms with Crippen molar-refractivity contribution in [3.63, 3.8) is 0 Å². The zero-order chi connectivity index (χ0) is 42.3. The molecule has 1 atom stereocenters. The monoisotopic (exact) mass is 817 g/mol. The molecule has 0 aromatic rings. The van der Waals surface area contributed by atoms with E-state index in [-0.39, 0.29) is 31.1 Å². The van der Waals surface area contributed by atoms with Crippen molar-refractivity contribution in [2.75, 3.05) is 13.2 Å². The molecule has 0 amide bonds. The Labute approximate surface area is 360 Å². The van der Waals surface area contributed by atoms with Gasteiger partial charge in [0.2, 0.25) is 0 Å². The van der Waals surface area contributed by atoms with Crippen molar-refractivity contribution in [2.45, 2.75) is 277 Å². The van der Waals surface area contributed by atoms with Gasteiger partial charge in [-0.3, -0.25) is 14.4 Å². The lowest BCUT2D eigenvalue weighted by atomic mass is 10.1. The van der Waals surface area contributed by atoms with Gasteiger partial charge in [-0.1, -0.05) is 206 Å². The van der Waals surface area contributed by atoms with E-state index in [1.165, 1.54) is 167 Å². The molecular formula is C52H96O6. The second-order valence-corrected chi connectivity index (χ2v) is 17.1. The van der Waals surface area contributed by atoms with Gasteiger partial charge >= 0.3 is 17.9 Å². The molecule has 0 aliphatic carbocycles. The third-order valence-corrected chi connectivity index (χ3v) is 11.2. The smallest absolute Gasteiger partial charge is 0.306 e. The molecule has 0 bridgehead atoms. The van der Waals surface area contributed by atoms with Crippen LogP contribution in [0.15, 0.2) is 24.3 Å². The number of hydrogen-bond donors (Lipinski definition) is 0. The van der Waals surface area contributed by atoms with Crippen molar-refractivity contribution >= 4 is 17.9 Å². The van der Waals surface area contributed by atoms with Gasteiger partial charge in [-0.05, 0) is 70.6 Å². The second kappa shape index (κ2) is 47.6. The van der Waals surface area contributed by atoms with E-state index in [1.54, 1.807) is 0 Å². The molecule has 1 unspecified atom stereocenters. The predicted octanol–water partition coefficient (Wildman–Crippen LogP) is 16.4. The molecule has 0 saturated heterocycles. The third-order valence-electron chi connectivity index (χ3n) is 11.2. The molecule has 0 heterocycles. The van der Waals surface area contributed by atoms with Gasteiger partial charge in [-0.15, -0.1) is 0 Å². The van der Waals surface area contributed by atoms with Gasteiger partial charge in [0.05, 0.1) is 0 Å². The molecule has 0 N–H and O–H groups in total. The second-order valence-electron chi connectivity index (χ2n) is 17.1. The van der Waals surface area contributed by atoms with Crippen LogP contribution < -0.4 is 0 Å². The van der Waals surface area contributed by atoms with Crippen molar-refractivity contribution in [2.24, 2.45) is 0 Å². The molecule has 0 radical (unpaired) electrons. The van der Waals surface area contributed by atoms with Crippen LogP contribution >= 0.6 is 0 Å². The van der Waals surface area contributed by atoms with Crippen molar-refractivity contribution in [1.82, 2.24) is 0 Å². The molecule has 0 rings (SSSR count). The Morgan fingerprint density at radius 2 is 0.569 bits per heavy atom. The topological polar surface area (TPSA) is 78.9 Å². The normalized spacial score (nSPS) is 12.1. The molecule has 0 aliphatic rings. The van der Waals surface area contributed by atoms with E-state index < -0.39 is 6.10 Å². The quantitative estimate of drug-likeness (QED) is 0.0263. The van der Waals surface area contributed by atoms with Crippen LogP contribution in [0.4, 0.5) is 0 Å². The summed E-state index contributed by atoms with van der Waals surface area (Å²) >= 11 is 0. The number of ether oxygens (including phenoxy) is 3. The lowest BCUT2D eigenvalue weighted by Gasteiger charge is -2.18. The first-order valence-electron chi connectivity index (χ1n) is 25.3. The van der Waals surface area contributed by atoms with E-state index in [2.05, 4.69) is 45.1 Å². The molecule has 6 heteroatoms. The summed E-state index contributed by atoms with van der Waals surface area (Å²) in [7, 11) is 0. The van der Waals surface area contributed by atoms with Gasteiger partial charge in [-0.2, -0.15) is 0 Å².